The molecule has 8 nitrogen and oxygen atoms in total. The first-order chi connectivity index (χ1) is 18.5. The molecule has 38 heavy (non-hydrogen) atoms. The van der Waals surface area contributed by atoms with Gasteiger partial charge in [0.2, 0.25) is 5.91 Å². The maximum Gasteiger partial charge on any atom is 0.251 e. The molecule has 0 aliphatic carbocycles. The first kappa shape index (κ1) is 26.6. The number of benzene rings is 1. The highest BCUT2D eigenvalue weighted by Gasteiger charge is 2.26. The van der Waals surface area contributed by atoms with E-state index in [2.05, 4.69) is 49.7 Å². The van der Waals surface area contributed by atoms with Gasteiger partial charge in [-0.1, -0.05) is 30.7 Å². The van der Waals surface area contributed by atoms with Crippen LogP contribution in [0.1, 0.15) is 60.5 Å². The molecule has 0 saturated carbocycles. The van der Waals surface area contributed by atoms with Gasteiger partial charge in [0.05, 0.1) is 0 Å². The van der Waals surface area contributed by atoms with Gasteiger partial charge in [0.25, 0.3) is 5.91 Å². The molecular formula is C30H42N6O2. The molecule has 0 radical (unpaired) electrons. The summed E-state index contributed by atoms with van der Waals surface area (Å²) in [5.74, 6) is 0.805. The molecular weight excluding hydrogens is 476 g/mol. The summed E-state index contributed by atoms with van der Waals surface area (Å²) in [6.45, 7) is 9.02. The van der Waals surface area contributed by atoms with Gasteiger partial charge in [0.1, 0.15) is 5.82 Å². The van der Waals surface area contributed by atoms with Crippen molar-refractivity contribution in [2.45, 2.75) is 64.1 Å². The van der Waals surface area contributed by atoms with E-state index in [-0.39, 0.29) is 17.9 Å². The van der Waals surface area contributed by atoms with Crippen LogP contribution < -0.4 is 10.6 Å². The first-order valence-corrected chi connectivity index (χ1v) is 14.3. The van der Waals surface area contributed by atoms with E-state index >= 15 is 0 Å². The number of pyridine rings is 1. The van der Waals surface area contributed by atoms with Crippen LogP contribution in [0.15, 0.2) is 42.6 Å². The Balaban J connectivity index is 1.17. The lowest BCUT2D eigenvalue weighted by atomic mass is 9.99. The van der Waals surface area contributed by atoms with Gasteiger partial charge in [0, 0.05) is 70.0 Å². The Morgan fingerprint density at radius 3 is 2.53 bits per heavy atom. The largest absolute Gasteiger partial charge is 0.367 e. The summed E-state index contributed by atoms with van der Waals surface area (Å²) in [7, 11) is 0. The monoisotopic (exact) mass is 518 g/mol. The fraction of sp³-hybridized carbons (Fsp3) is 0.567. The zero-order chi connectivity index (χ0) is 26.3. The molecule has 1 aromatic carbocycles. The van der Waals surface area contributed by atoms with Crippen LogP contribution in [0.5, 0.6) is 0 Å². The lowest BCUT2D eigenvalue weighted by Crippen LogP contribution is -2.52. The van der Waals surface area contributed by atoms with E-state index in [1.165, 1.54) is 30.4 Å². The molecule has 2 fully saturated rings. The Labute approximate surface area is 226 Å². The zero-order valence-electron chi connectivity index (χ0n) is 22.7. The number of likely N-dealkylation sites (tertiary alicyclic amines) is 2. The number of rotatable bonds is 8. The predicted octanol–water partition coefficient (Wildman–Crippen LogP) is 3.15. The number of nitrogens with zero attached hydrogens (tertiary/aromatic N) is 4. The SMILES string of the molecule is CC(=O)N1CCC(Nc2cc(C(=O)NCC(CN3CCc4ccccc4C3)N3CCCCC3)ccn2)CC1. The molecule has 5 rings (SSSR count). The number of fused-ring (bicyclic) bond motifs is 1. The van der Waals surface area contributed by atoms with Crippen molar-refractivity contribution in [1.82, 2.24) is 25.0 Å². The number of carbonyl (C=O) groups excluding carboxylic acids is 2. The molecule has 2 N–H and O–H groups in total. The van der Waals surface area contributed by atoms with E-state index in [9.17, 15) is 9.59 Å². The van der Waals surface area contributed by atoms with Crippen molar-refractivity contribution in [3.63, 3.8) is 0 Å². The van der Waals surface area contributed by atoms with Gasteiger partial charge in [-0.05, 0) is 68.5 Å². The van der Waals surface area contributed by atoms with Crippen molar-refractivity contribution in [3.05, 3.63) is 59.3 Å². The van der Waals surface area contributed by atoms with E-state index in [0.717, 1.165) is 70.9 Å². The Morgan fingerprint density at radius 1 is 1.00 bits per heavy atom. The fourth-order valence-electron chi connectivity index (χ4n) is 6.11. The van der Waals surface area contributed by atoms with E-state index in [1.807, 2.05) is 11.0 Å². The lowest BCUT2D eigenvalue weighted by molar-refractivity contribution is -0.129. The zero-order valence-corrected chi connectivity index (χ0v) is 22.7. The average molecular weight is 519 g/mol. The van der Waals surface area contributed by atoms with Crippen LogP contribution in [0.2, 0.25) is 0 Å². The Hall–Kier alpha value is -2.97. The summed E-state index contributed by atoms with van der Waals surface area (Å²) in [5.41, 5.74) is 3.54. The Morgan fingerprint density at radius 2 is 1.76 bits per heavy atom. The van der Waals surface area contributed by atoms with Gasteiger partial charge in [-0.2, -0.15) is 0 Å². The van der Waals surface area contributed by atoms with Crippen LogP contribution in [0.3, 0.4) is 0 Å². The van der Waals surface area contributed by atoms with E-state index < -0.39 is 0 Å². The van der Waals surface area contributed by atoms with Gasteiger partial charge >= 0.3 is 0 Å². The van der Waals surface area contributed by atoms with Crippen molar-refractivity contribution in [2.75, 3.05) is 51.1 Å². The highest BCUT2D eigenvalue weighted by Crippen LogP contribution is 2.21. The molecule has 3 aliphatic rings. The molecule has 2 saturated heterocycles. The summed E-state index contributed by atoms with van der Waals surface area (Å²) in [4.78, 5) is 36.3. The molecule has 1 aromatic heterocycles. The van der Waals surface area contributed by atoms with Crippen LogP contribution in [0.4, 0.5) is 5.82 Å². The molecule has 0 spiro atoms. The highest BCUT2D eigenvalue weighted by atomic mass is 16.2. The van der Waals surface area contributed by atoms with Crippen molar-refractivity contribution in [3.8, 4) is 0 Å². The van der Waals surface area contributed by atoms with Crippen molar-refractivity contribution in [1.29, 1.82) is 0 Å². The molecule has 1 atom stereocenters. The van der Waals surface area contributed by atoms with Gasteiger partial charge in [-0.3, -0.25) is 19.4 Å². The van der Waals surface area contributed by atoms with E-state index in [4.69, 9.17) is 0 Å². The van der Waals surface area contributed by atoms with E-state index in [0.29, 0.717) is 18.2 Å². The standard InChI is InChI=1S/C30H42N6O2/c1-23(37)35-17-11-27(12-18-35)33-29-19-25(9-13-31-29)30(38)32-20-28(36-14-5-2-6-15-36)22-34-16-10-24-7-3-4-8-26(24)21-34/h3-4,7-9,13,19,27-28H,2,5-6,10-12,14-18,20-22H2,1H3,(H,31,33)(H,32,38). The van der Waals surface area contributed by atoms with Crippen LogP contribution in [-0.2, 0) is 17.8 Å². The third kappa shape index (κ3) is 6.91. The van der Waals surface area contributed by atoms with Gasteiger partial charge < -0.3 is 15.5 Å². The topological polar surface area (TPSA) is 80.8 Å². The van der Waals surface area contributed by atoms with Crippen LogP contribution in [-0.4, -0.2) is 89.4 Å². The van der Waals surface area contributed by atoms with Crippen LogP contribution >= 0.6 is 0 Å². The molecule has 2 amide bonds. The Kier molecular flexibility index (Phi) is 8.91. The van der Waals surface area contributed by atoms with Gasteiger partial charge in [0.15, 0.2) is 0 Å². The Bertz CT molecular complexity index is 1090. The van der Waals surface area contributed by atoms with Gasteiger partial charge in [-0.25, -0.2) is 4.98 Å². The molecule has 8 heteroatoms. The molecule has 4 heterocycles. The van der Waals surface area contributed by atoms with Crippen molar-refractivity contribution in [2.24, 2.45) is 0 Å². The maximum absolute atomic E-state index is 13.2. The van der Waals surface area contributed by atoms with Crippen molar-refractivity contribution < 1.29 is 9.59 Å². The second kappa shape index (κ2) is 12.7. The highest BCUT2D eigenvalue weighted by molar-refractivity contribution is 5.94. The van der Waals surface area contributed by atoms with Crippen molar-refractivity contribution >= 4 is 17.6 Å². The second-order valence-electron chi connectivity index (χ2n) is 11.1. The number of amides is 2. The quantitative estimate of drug-likeness (QED) is 0.559. The minimum atomic E-state index is -0.0483. The van der Waals surface area contributed by atoms with Crippen LogP contribution in [0.25, 0.3) is 0 Å². The molecule has 2 aromatic rings. The summed E-state index contributed by atoms with van der Waals surface area (Å²) in [5, 5.41) is 6.72. The number of nitrogens with one attached hydrogen (secondary N) is 2. The smallest absolute Gasteiger partial charge is 0.251 e. The average Bonchev–Trinajstić information content (AvgIpc) is 2.96. The summed E-state index contributed by atoms with van der Waals surface area (Å²) in [6.07, 6.45) is 8.33. The summed E-state index contributed by atoms with van der Waals surface area (Å²) < 4.78 is 0. The molecule has 1 unspecified atom stereocenters. The number of piperidine rings is 2. The number of anilines is 1. The predicted molar refractivity (Wildman–Crippen MR) is 150 cm³/mol. The van der Waals surface area contributed by atoms with Gasteiger partial charge in [-0.15, -0.1) is 0 Å². The summed E-state index contributed by atoms with van der Waals surface area (Å²) in [6, 6.07) is 13.0. The second-order valence-corrected chi connectivity index (χ2v) is 11.1. The lowest BCUT2D eigenvalue weighted by Gasteiger charge is -2.39. The third-order valence-electron chi connectivity index (χ3n) is 8.40. The molecule has 204 valence electrons. The minimum Gasteiger partial charge on any atom is -0.367 e. The molecule has 3 aliphatic heterocycles. The normalized spacial score (nSPS) is 20.0. The van der Waals surface area contributed by atoms with Crippen LogP contribution in [0, 0.1) is 0 Å². The number of aromatic nitrogens is 1. The minimum absolute atomic E-state index is 0.0483. The number of carbonyl (C=O) groups is 2. The number of hydrogen-bond acceptors (Lipinski definition) is 6. The van der Waals surface area contributed by atoms with E-state index in [1.54, 1.807) is 19.2 Å². The summed E-state index contributed by atoms with van der Waals surface area (Å²) >= 11 is 0. The molecule has 0 bridgehead atoms. The number of hydrogen-bond donors (Lipinski definition) is 2. The fourth-order valence-corrected chi connectivity index (χ4v) is 6.11. The first-order valence-electron chi connectivity index (χ1n) is 14.3. The maximum atomic E-state index is 13.2. The third-order valence-corrected chi connectivity index (χ3v) is 8.40.